The highest BCUT2D eigenvalue weighted by Crippen LogP contribution is 2.17. The minimum absolute atomic E-state index is 0.0267. The van der Waals surface area contributed by atoms with Gasteiger partial charge in [0.15, 0.2) is 0 Å². The van der Waals surface area contributed by atoms with Gasteiger partial charge in [0.05, 0.1) is 0 Å². The molecular formula is C22H29N3O4. The molecule has 0 saturated heterocycles. The summed E-state index contributed by atoms with van der Waals surface area (Å²) in [6.07, 6.45) is 1.35. The van der Waals surface area contributed by atoms with Crippen LogP contribution in [0, 0.1) is 11.8 Å². The number of furan rings is 1. The molecule has 0 spiro atoms. The predicted molar refractivity (Wildman–Crippen MR) is 112 cm³/mol. The monoisotopic (exact) mass is 399 g/mol. The lowest BCUT2D eigenvalue weighted by Gasteiger charge is -2.11. The number of carbonyl (C=O) groups is 2. The number of hydrogen-bond donors (Lipinski definition) is 2. The van der Waals surface area contributed by atoms with Crippen LogP contribution < -0.4 is 15.8 Å². The van der Waals surface area contributed by atoms with E-state index < -0.39 is 5.97 Å². The molecule has 0 aliphatic carbocycles. The quantitative estimate of drug-likeness (QED) is 0.291. The molecule has 0 aliphatic rings. The fourth-order valence-electron chi connectivity index (χ4n) is 2.63. The normalized spacial score (nSPS) is 12.7. The molecule has 0 aliphatic heterocycles. The standard InChI is InChI=1S/C22H29N3O4/c1-14(2)11-12-25-21(26)15(3)13-18-9-10-19(28-18)22(27)29-17-7-5-16(6-8-17)20(23)24-4/h5-10,14-15H,11-13H2,1-4H3,(H2,23,24)(H,25,26). The van der Waals surface area contributed by atoms with Gasteiger partial charge in [-0.05, 0) is 48.7 Å². The third-order valence-electron chi connectivity index (χ3n) is 4.44. The number of esters is 1. The van der Waals surface area contributed by atoms with Gasteiger partial charge in [0.2, 0.25) is 11.7 Å². The van der Waals surface area contributed by atoms with Crippen LogP contribution in [0.2, 0.25) is 0 Å². The number of carbonyl (C=O) groups excluding carboxylic acids is 2. The van der Waals surface area contributed by atoms with Crippen LogP contribution in [-0.2, 0) is 11.2 Å². The Bertz CT molecular complexity index is 853. The number of benzene rings is 1. The van der Waals surface area contributed by atoms with Crippen LogP contribution in [-0.4, -0.2) is 31.3 Å². The van der Waals surface area contributed by atoms with Gasteiger partial charge in [0.25, 0.3) is 0 Å². The van der Waals surface area contributed by atoms with Crippen molar-refractivity contribution < 1.29 is 18.7 Å². The van der Waals surface area contributed by atoms with Crippen LogP contribution in [0.25, 0.3) is 0 Å². The zero-order chi connectivity index (χ0) is 21.4. The first-order valence-corrected chi connectivity index (χ1v) is 9.71. The average Bonchev–Trinajstić information content (AvgIpc) is 3.16. The van der Waals surface area contributed by atoms with Gasteiger partial charge in [0.1, 0.15) is 17.3 Å². The maximum atomic E-state index is 12.3. The zero-order valence-corrected chi connectivity index (χ0v) is 17.4. The maximum absolute atomic E-state index is 12.3. The van der Waals surface area contributed by atoms with Crippen LogP contribution in [0.15, 0.2) is 45.8 Å². The minimum Gasteiger partial charge on any atom is -0.454 e. The number of nitrogens with zero attached hydrogens (tertiary/aromatic N) is 1. The van der Waals surface area contributed by atoms with E-state index in [1.54, 1.807) is 43.4 Å². The van der Waals surface area contributed by atoms with Crippen molar-refractivity contribution in [3.63, 3.8) is 0 Å². The summed E-state index contributed by atoms with van der Waals surface area (Å²) in [5.74, 6) is 1.08. The molecule has 1 atom stereocenters. The lowest BCUT2D eigenvalue weighted by molar-refractivity contribution is -0.124. The molecule has 7 nitrogen and oxygen atoms in total. The topological polar surface area (TPSA) is 107 Å². The molecule has 2 rings (SSSR count). The Morgan fingerprint density at radius 1 is 1.14 bits per heavy atom. The smallest absolute Gasteiger partial charge is 0.379 e. The average molecular weight is 399 g/mol. The molecule has 0 saturated carbocycles. The summed E-state index contributed by atoms with van der Waals surface area (Å²) in [5.41, 5.74) is 6.48. The Balaban J connectivity index is 1.90. The molecule has 29 heavy (non-hydrogen) atoms. The summed E-state index contributed by atoms with van der Waals surface area (Å²) < 4.78 is 10.9. The number of rotatable bonds is 9. The van der Waals surface area contributed by atoms with Gasteiger partial charge in [-0.2, -0.15) is 0 Å². The fourth-order valence-corrected chi connectivity index (χ4v) is 2.63. The highest BCUT2D eigenvalue weighted by atomic mass is 16.5. The molecule has 0 bridgehead atoms. The molecule has 1 aromatic heterocycles. The summed E-state index contributed by atoms with van der Waals surface area (Å²) in [6, 6.07) is 9.96. The van der Waals surface area contributed by atoms with Crippen LogP contribution >= 0.6 is 0 Å². The van der Waals surface area contributed by atoms with Gasteiger partial charge < -0.3 is 20.2 Å². The van der Waals surface area contributed by atoms with E-state index in [2.05, 4.69) is 24.2 Å². The van der Waals surface area contributed by atoms with Crippen molar-refractivity contribution in [1.82, 2.24) is 5.32 Å². The van der Waals surface area contributed by atoms with Gasteiger partial charge in [0, 0.05) is 31.5 Å². The van der Waals surface area contributed by atoms with Gasteiger partial charge in [-0.25, -0.2) is 4.79 Å². The SMILES string of the molecule is CN=C(N)c1ccc(OC(=O)c2ccc(CC(C)C(=O)NCCC(C)C)o2)cc1. The molecule has 1 heterocycles. The van der Waals surface area contributed by atoms with Gasteiger partial charge in [-0.15, -0.1) is 0 Å². The molecule has 7 heteroatoms. The Morgan fingerprint density at radius 2 is 1.83 bits per heavy atom. The Hall–Kier alpha value is -3.09. The molecule has 1 unspecified atom stereocenters. The van der Waals surface area contributed by atoms with Crippen molar-refractivity contribution >= 4 is 17.7 Å². The first-order valence-electron chi connectivity index (χ1n) is 9.71. The number of amidine groups is 1. The van der Waals surface area contributed by atoms with Crippen molar-refractivity contribution in [2.75, 3.05) is 13.6 Å². The van der Waals surface area contributed by atoms with Gasteiger partial charge >= 0.3 is 5.97 Å². The largest absolute Gasteiger partial charge is 0.454 e. The van der Waals surface area contributed by atoms with Gasteiger partial charge in [-0.1, -0.05) is 20.8 Å². The molecule has 0 radical (unpaired) electrons. The third kappa shape index (κ3) is 6.78. The maximum Gasteiger partial charge on any atom is 0.379 e. The lowest BCUT2D eigenvalue weighted by Crippen LogP contribution is -2.31. The van der Waals surface area contributed by atoms with E-state index in [0.717, 1.165) is 12.0 Å². The van der Waals surface area contributed by atoms with Crippen molar-refractivity contribution in [2.24, 2.45) is 22.6 Å². The first kappa shape index (κ1) is 22.2. The number of hydrogen-bond acceptors (Lipinski definition) is 5. The van der Waals surface area contributed by atoms with E-state index in [-0.39, 0.29) is 17.6 Å². The number of aliphatic imine (C=N–C) groups is 1. The van der Waals surface area contributed by atoms with Crippen LogP contribution in [0.5, 0.6) is 5.75 Å². The minimum atomic E-state index is -0.602. The summed E-state index contributed by atoms with van der Waals surface area (Å²) in [4.78, 5) is 28.3. The third-order valence-corrected chi connectivity index (χ3v) is 4.44. The van der Waals surface area contributed by atoms with E-state index in [9.17, 15) is 9.59 Å². The highest BCUT2D eigenvalue weighted by Gasteiger charge is 2.18. The molecular weight excluding hydrogens is 370 g/mol. The second-order valence-corrected chi connectivity index (χ2v) is 7.37. The molecule has 0 fully saturated rings. The van der Waals surface area contributed by atoms with Crippen molar-refractivity contribution in [1.29, 1.82) is 0 Å². The number of ether oxygens (including phenoxy) is 1. The van der Waals surface area contributed by atoms with Crippen molar-refractivity contribution in [3.8, 4) is 5.75 Å². The summed E-state index contributed by atoms with van der Waals surface area (Å²) >= 11 is 0. The van der Waals surface area contributed by atoms with Gasteiger partial charge in [-0.3, -0.25) is 9.79 Å². The molecule has 1 amide bonds. The molecule has 3 N–H and O–H groups in total. The molecule has 2 aromatic rings. The van der Waals surface area contributed by atoms with Crippen LogP contribution in [0.3, 0.4) is 0 Å². The highest BCUT2D eigenvalue weighted by molar-refractivity contribution is 5.97. The van der Waals surface area contributed by atoms with E-state index >= 15 is 0 Å². The predicted octanol–water partition coefficient (Wildman–Crippen LogP) is 3.17. The fraction of sp³-hybridized carbons (Fsp3) is 0.409. The zero-order valence-electron chi connectivity index (χ0n) is 17.4. The second kappa shape index (κ2) is 10.5. The Kier molecular flexibility index (Phi) is 8.00. The van der Waals surface area contributed by atoms with E-state index in [0.29, 0.717) is 36.2 Å². The van der Waals surface area contributed by atoms with Crippen molar-refractivity contribution in [2.45, 2.75) is 33.6 Å². The van der Waals surface area contributed by atoms with E-state index in [1.807, 2.05) is 6.92 Å². The second-order valence-electron chi connectivity index (χ2n) is 7.37. The van der Waals surface area contributed by atoms with Crippen LogP contribution in [0.1, 0.15) is 49.1 Å². The number of amides is 1. The molecule has 156 valence electrons. The van der Waals surface area contributed by atoms with Crippen LogP contribution in [0.4, 0.5) is 0 Å². The van der Waals surface area contributed by atoms with E-state index in [4.69, 9.17) is 14.9 Å². The number of nitrogens with one attached hydrogen (secondary N) is 1. The molecule has 1 aromatic carbocycles. The Labute approximate surface area is 171 Å². The summed E-state index contributed by atoms with van der Waals surface area (Å²) in [5, 5.41) is 2.92. The number of nitrogens with two attached hydrogens (primary N) is 1. The van der Waals surface area contributed by atoms with Crippen molar-refractivity contribution in [3.05, 3.63) is 53.5 Å². The lowest BCUT2D eigenvalue weighted by atomic mass is 10.1. The first-order chi connectivity index (χ1) is 13.8. The van der Waals surface area contributed by atoms with E-state index in [1.165, 1.54) is 0 Å². The summed E-state index contributed by atoms with van der Waals surface area (Å²) in [6.45, 7) is 6.72. The summed E-state index contributed by atoms with van der Waals surface area (Å²) in [7, 11) is 1.61. The Morgan fingerprint density at radius 3 is 2.45 bits per heavy atom.